The smallest absolute Gasteiger partial charge is 0.321 e. The molecule has 5 heteroatoms. The average molecular weight is 301 g/mol. The Morgan fingerprint density at radius 3 is 2.95 bits per heavy atom. The number of hydrogen-bond acceptors (Lipinski definition) is 3. The number of urea groups is 1. The lowest BCUT2D eigenvalue weighted by Crippen LogP contribution is -2.36. The highest BCUT2D eigenvalue weighted by Crippen LogP contribution is 2.21. The first-order valence-corrected chi connectivity index (χ1v) is 7.83. The molecule has 0 spiro atoms. The van der Waals surface area contributed by atoms with Crippen molar-refractivity contribution in [1.29, 1.82) is 0 Å². The van der Waals surface area contributed by atoms with Crippen molar-refractivity contribution >= 4 is 22.7 Å². The lowest BCUT2D eigenvalue weighted by atomic mass is 10.1. The molecule has 0 bridgehead atoms. The maximum absolute atomic E-state index is 12.4. The van der Waals surface area contributed by atoms with Gasteiger partial charge in [-0.25, -0.2) is 4.79 Å². The number of nitrogens with zero attached hydrogens (tertiary/aromatic N) is 2. The van der Waals surface area contributed by atoms with Gasteiger partial charge in [-0.1, -0.05) is 0 Å². The number of fused-ring (bicyclic) bond motifs is 1. The molecule has 2 heterocycles. The van der Waals surface area contributed by atoms with Crippen LogP contribution >= 0.6 is 0 Å². The van der Waals surface area contributed by atoms with E-state index >= 15 is 0 Å². The lowest BCUT2D eigenvalue weighted by molar-refractivity contribution is 0.210. The third kappa shape index (κ3) is 3.25. The number of carbonyl (C=O) groups is 1. The van der Waals surface area contributed by atoms with Crippen LogP contribution in [0, 0.1) is 0 Å². The van der Waals surface area contributed by atoms with Crippen LogP contribution in [0.5, 0.6) is 0 Å². The molecule has 0 radical (unpaired) electrons. The number of benzene rings is 1. The molecule has 0 saturated carbocycles. The van der Waals surface area contributed by atoms with Crippen molar-refractivity contribution < 1.29 is 9.21 Å². The second-order valence-electron chi connectivity index (χ2n) is 6.14. The van der Waals surface area contributed by atoms with Gasteiger partial charge in [0.05, 0.1) is 6.26 Å². The Labute approximate surface area is 130 Å². The molecular formula is C17H23N3O2. The largest absolute Gasteiger partial charge is 0.464 e. The highest BCUT2D eigenvalue weighted by molar-refractivity contribution is 5.92. The summed E-state index contributed by atoms with van der Waals surface area (Å²) in [5.74, 6) is 0. The van der Waals surface area contributed by atoms with Crippen LogP contribution in [-0.2, 0) is 0 Å². The van der Waals surface area contributed by atoms with E-state index in [4.69, 9.17) is 4.42 Å². The Kier molecular flexibility index (Phi) is 4.34. The zero-order valence-electron chi connectivity index (χ0n) is 13.2. The van der Waals surface area contributed by atoms with Gasteiger partial charge in [0.15, 0.2) is 0 Å². The first kappa shape index (κ1) is 14.9. The van der Waals surface area contributed by atoms with E-state index in [-0.39, 0.29) is 6.03 Å². The van der Waals surface area contributed by atoms with Gasteiger partial charge in [0.25, 0.3) is 0 Å². The van der Waals surface area contributed by atoms with E-state index in [9.17, 15) is 4.79 Å². The molecule has 1 unspecified atom stereocenters. The molecule has 1 aromatic heterocycles. The number of nitrogens with one attached hydrogen (secondary N) is 1. The van der Waals surface area contributed by atoms with Gasteiger partial charge in [-0.05, 0) is 57.6 Å². The molecule has 1 N–H and O–H groups in total. The van der Waals surface area contributed by atoms with E-state index in [0.29, 0.717) is 6.04 Å². The van der Waals surface area contributed by atoms with Gasteiger partial charge < -0.3 is 19.5 Å². The molecule has 118 valence electrons. The van der Waals surface area contributed by atoms with E-state index in [0.717, 1.165) is 49.0 Å². The number of anilines is 1. The summed E-state index contributed by atoms with van der Waals surface area (Å²) < 4.78 is 5.32. The molecule has 3 rings (SSSR count). The van der Waals surface area contributed by atoms with Gasteiger partial charge in [0.2, 0.25) is 0 Å². The summed E-state index contributed by atoms with van der Waals surface area (Å²) in [5.41, 5.74) is 1.65. The Morgan fingerprint density at radius 2 is 2.14 bits per heavy atom. The monoisotopic (exact) mass is 301 g/mol. The molecule has 0 aliphatic carbocycles. The molecule has 5 nitrogen and oxygen atoms in total. The molecule has 22 heavy (non-hydrogen) atoms. The Hall–Kier alpha value is -2.01. The van der Waals surface area contributed by atoms with E-state index in [2.05, 4.69) is 24.3 Å². The van der Waals surface area contributed by atoms with Gasteiger partial charge in [-0.3, -0.25) is 0 Å². The number of carbonyl (C=O) groups excluding carboxylic acids is 1. The Balaban J connectivity index is 1.63. The van der Waals surface area contributed by atoms with Crippen LogP contribution in [0.2, 0.25) is 0 Å². The van der Waals surface area contributed by atoms with Crippen molar-refractivity contribution in [3.8, 4) is 0 Å². The molecule has 2 aromatic rings. The standard InChI is InChI=1S/C17H23N3O2/c1-19(2)15-4-3-9-20(10-7-15)17(21)18-14-5-6-16-13(12-14)8-11-22-16/h5-6,8,11-12,15H,3-4,7,9-10H2,1-2H3,(H,18,21). The normalized spacial score (nSPS) is 19.4. The number of hydrogen-bond donors (Lipinski definition) is 1. The van der Waals surface area contributed by atoms with Gasteiger partial charge >= 0.3 is 6.03 Å². The van der Waals surface area contributed by atoms with Crippen molar-refractivity contribution in [2.75, 3.05) is 32.5 Å². The third-order valence-electron chi connectivity index (χ3n) is 4.42. The summed E-state index contributed by atoms with van der Waals surface area (Å²) in [7, 11) is 4.22. The average Bonchev–Trinajstić information content (AvgIpc) is 2.80. The van der Waals surface area contributed by atoms with Gasteiger partial charge in [-0.2, -0.15) is 0 Å². The van der Waals surface area contributed by atoms with Gasteiger partial charge in [-0.15, -0.1) is 0 Å². The third-order valence-corrected chi connectivity index (χ3v) is 4.42. The molecule has 1 atom stereocenters. The minimum absolute atomic E-state index is 0.0118. The van der Waals surface area contributed by atoms with Crippen LogP contribution in [0.1, 0.15) is 19.3 Å². The van der Waals surface area contributed by atoms with Crippen molar-refractivity contribution in [2.45, 2.75) is 25.3 Å². The highest BCUT2D eigenvalue weighted by atomic mass is 16.3. The minimum atomic E-state index is -0.0118. The highest BCUT2D eigenvalue weighted by Gasteiger charge is 2.21. The second kappa shape index (κ2) is 6.40. The topological polar surface area (TPSA) is 48.7 Å². The number of furan rings is 1. The van der Waals surface area contributed by atoms with Crippen molar-refractivity contribution in [2.24, 2.45) is 0 Å². The zero-order valence-corrected chi connectivity index (χ0v) is 13.2. The molecular weight excluding hydrogens is 278 g/mol. The predicted octanol–water partition coefficient (Wildman–Crippen LogP) is 3.38. The summed E-state index contributed by atoms with van der Waals surface area (Å²) in [6.45, 7) is 1.63. The van der Waals surface area contributed by atoms with Crippen LogP contribution in [-0.4, -0.2) is 49.1 Å². The minimum Gasteiger partial charge on any atom is -0.464 e. The van der Waals surface area contributed by atoms with Crippen molar-refractivity contribution in [1.82, 2.24) is 9.80 Å². The van der Waals surface area contributed by atoms with Crippen LogP contribution < -0.4 is 5.32 Å². The molecule has 1 aliphatic heterocycles. The zero-order chi connectivity index (χ0) is 15.5. The first-order chi connectivity index (χ1) is 10.6. The summed E-state index contributed by atoms with van der Waals surface area (Å²) in [5, 5.41) is 4.00. The SMILES string of the molecule is CN(C)C1CCCN(C(=O)Nc2ccc3occc3c2)CC1. The molecule has 1 aromatic carbocycles. The molecule has 1 fully saturated rings. The summed E-state index contributed by atoms with van der Waals surface area (Å²) >= 11 is 0. The fourth-order valence-corrected chi connectivity index (χ4v) is 3.05. The quantitative estimate of drug-likeness (QED) is 0.925. The van der Waals surface area contributed by atoms with Crippen LogP contribution in [0.3, 0.4) is 0 Å². The number of rotatable bonds is 2. The molecule has 2 amide bonds. The van der Waals surface area contributed by atoms with E-state index in [1.165, 1.54) is 0 Å². The van der Waals surface area contributed by atoms with Gasteiger partial charge in [0.1, 0.15) is 5.58 Å². The van der Waals surface area contributed by atoms with Crippen LogP contribution in [0.4, 0.5) is 10.5 Å². The summed E-state index contributed by atoms with van der Waals surface area (Å²) in [6, 6.07) is 8.16. The Morgan fingerprint density at radius 1 is 1.27 bits per heavy atom. The predicted molar refractivity (Wildman–Crippen MR) is 88.1 cm³/mol. The van der Waals surface area contributed by atoms with E-state index < -0.39 is 0 Å². The maximum atomic E-state index is 12.4. The Bertz CT molecular complexity index is 650. The van der Waals surface area contributed by atoms with Gasteiger partial charge in [0, 0.05) is 30.2 Å². The van der Waals surface area contributed by atoms with Crippen LogP contribution in [0.25, 0.3) is 11.0 Å². The van der Waals surface area contributed by atoms with E-state index in [1.807, 2.05) is 29.2 Å². The van der Waals surface area contributed by atoms with E-state index in [1.54, 1.807) is 6.26 Å². The number of amides is 2. The van der Waals surface area contributed by atoms with Crippen molar-refractivity contribution in [3.05, 3.63) is 30.5 Å². The second-order valence-corrected chi connectivity index (χ2v) is 6.14. The van der Waals surface area contributed by atoms with Crippen molar-refractivity contribution in [3.63, 3.8) is 0 Å². The fourth-order valence-electron chi connectivity index (χ4n) is 3.05. The summed E-state index contributed by atoms with van der Waals surface area (Å²) in [4.78, 5) is 16.6. The summed E-state index contributed by atoms with van der Waals surface area (Å²) in [6.07, 6.45) is 4.89. The molecule has 1 aliphatic rings. The number of likely N-dealkylation sites (tertiary alicyclic amines) is 1. The fraction of sp³-hybridized carbons (Fsp3) is 0.471. The maximum Gasteiger partial charge on any atom is 0.321 e. The van der Waals surface area contributed by atoms with Crippen LogP contribution in [0.15, 0.2) is 34.9 Å². The lowest BCUT2D eigenvalue weighted by Gasteiger charge is -2.23. The molecule has 1 saturated heterocycles. The first-order valence-electron chi connectivity index (χ1n) is 7.83.